The van der Waals surface area contributed by atoms with Crippen LogP contribution in [0, 0.1) is 5.92 Å². The van der Waals surface area contributed by atoms with Gasteiger partial charge in [0.2, 0.25) is 0 Å². The quantitative estimate of drug-likeness (QED) is 0.505. The number of esters is 1. The smallest absolute Gasteiger partial charge is 0.330 e. The summed E-state index contributed by atoms with van der Waals surface area (Å²) in [7, 11) is 1.56. The Kier molecular flexibility index (Phi) is 11.7. The minimum Gasteiger partial charge on any atom is -0.456 e. The Bertz CT molecular complexity index is 707. The number of cyclic esters (lactones) is 1. The lowest BCUT2D eigenvalue weighted by Gasteiger charge is -2.28. The lowest BCUT2D eigenvalue weighted by atomic mass is 9.91. The first-order valence-corrected chi connectivity index (χ1v) is 11.4. The summed E-state index contributed by atoms with van der Waals surface area (Å²) in [6.45, 7) is 6.66. The second-order valence-electron chi connectivity index (χ2n) is 8.68. The van der Waals surface area contributed by atoms with Crippen LogP contribution in [0.2, 0.25) is 0 Å². The highest BCUT2D eigenvalue weighted by Gasteiger charge is 2.22. The van der Waals surface area contributed by atoms with Gasteiger partial charge in [-0.2, -0.15) is 0 Å². The zero-order chi connectivity index (χ0) is 23.3. The Balaban J connectivity index is 2.13. The summed E-state index contributed by atoms with van der Waals surface area (Å²) >= 11 is 0. The Morgan fingerprint density at radius 2 is 2.00 bits per heavy atom. The number of methoxy groups -OCH3 is 1. The lowest BCUT2D eigenvalue weighted by molar-refractivity contribution is -0.147. The number of carbonyl (C=O) groups is 1. The highest BCUT2D eigenvalue weighted by Crippen LogP contribution is 2.25. The summed E-state index contributed by atoms with van der Waals surface area (Å²) in [5.41, 5.74) is 0.993. The second kappa shape index (κ2) is 14.2. The third-order valence-corrected chi connectivity index (χ3v) is 5.51. The van der Waals surface area contributed by atoms with E-state index in [1.807, 2.05) is 6.08 Å². The maximum atomic E-state index is 12.3. The number of aliphatic hydroxyl groups excluding tert-OH is 2. The van der Waals surface area contributed by atoms with Crippen LogP contribution in [0.5, 0.6) is 0 Å². The van der Waals surface area contributed by atoms with E-state index in [-0.39, 0.29) is 18.6 Å². The number of ether oxygens (including phenoxy) is 3. The molecule has 0 radical (unpaired) electrons. The molecule has 5 unspecified atom stereocenters. The summed E-state index contributed by atoms with van der Waals surface area (Å²) in [5, 5.41) is 20.8. The van der Waals surface area contributed by atoms with Crippen LogP contribution >= 0.6 is 0 Å². The van der Waals surface area contributed by atoms with Crippen LogP contribution in [0.3, 0.4) is 0 Å². The fourth-order valence-corrected chi connectivity index (χ4v) is 4.02. The molecule has 178 valence electrons. The zero-order valence-electron chi connectivity index (χ0n) is 19.3. The van der Waals surface area contributed by atoms with E-state index in [0.717, 1.165) is 24.8 Å². The average Bonchev–Trinajstić information content (AvgIpc) is 2.72. The zero-order valence-corrected chi connectivity index (χ0v) is 19.3. The predicted octanol–water partition coefficient (Wildman–Crippen LogP) is 3.81. The second-order valence-corrected chi connectivity index (χ2v) is 8.68. The van der Waals surface area contributed by atoms with Crippen LogP contribution in [0.1, 0.15) is 45.4 Å². The Labute approximate surface area is 191 Å². The monoisotopic (exact) mass is 446 g/mol. The van der Waals surface area contributed by atoms with E-state index in [2.05, 4.69) is 19.6 Å². The summed E-state index contributed by atoms with van der Waals surface area (Å²) in [4.78, 5) is 12.3. The van der Waals surface area contributed by atoms with Gasteiger partial charge in [0.25, 0.3) is 0 Å². The standard InChI is InChI=1S/C26H38O6/c1-19-16-20(2)18-23-11-5-9-22(31-23)10-6-14-26(29)32-25(13-4-8-21(27)17-19)24(28)12-7-15-30-3/h4-9,12,14,20-25,27-28H,1,10-11,13,15-18H2,2-3H3/b8-4+,12-7+,14-6-/t20?,21?,22?,23-,24?,25?/m0/s1. The van der Waals surface area contributed by atoms with Crippen molar-refractivity contribution >= 4 is 5.97 Å². The molecule has 6 heteroatoms. The first-order chi connectivity index (χ1) is 15.4. The van der Waals surface area contributed by atoms with Gasteiger partial charge in [-0.25, -0.2) is 4.79 Å². The number of hydrogen-bond acceptors (Lipinski definition) is 6. The van der Waals surface area contributed by atoms with Crippen LogP contribution < -0.4 is 0 Å². The van der Waals surface area contributed by atoms with E-state index in [1.165, 1.54) is 6.08 Å². The summed E-state index contributed by atoms with van der Waals surface area (Å²) in [6, 6.07) is 0. The molecule has 0 saturated carbocycles. The molecule has 0 amide bonds. The molecule has 0 saturated heterocycles. The minimum atomic E-state index is -0.990. The van der Waals surface area contributed by atoms with Crippen molar-refractivity contribution in [3.05, 3.63) is 60.8 Å². The van der Waals surface area contributed by atoms with Gasteiger partial charge < -0.3 is 24.4 Å². The number of rotatable bonds is 4. The van der Waals surface area contributed by atoms with E-state index in [4.69, 9.17) is 14.2 Å². The molecule has 6 atom stereocenters. The van der Waals surface area contributed by atoms with Gasteiger partial charge in [0.1, 0.15) is 12.2 Å². The van der Waals surface area contributed by atoms with E-state index in [1.54, 1.807) is 37.5 Å². The van der Waals surface area contributed by atoms with E-state index in [0.29, 0.717) is 25.4 Å². The largest absolute Gasteiger partial charge is 0.456 e. The van der Waals surface area contributed by atoms with Gasteiger partial charge >= 0.3 is 5.97 Å². The molecule has 6 nitrogen and oxygen atoms in total. The van der Waals surface area contributed by atoms with Gasteiger partial charge in [0.15, 0.2) is 0 Å². The Hall–Kier alpha value is -1.99. The summed E-state index contributed by atoms with van der Waals surface area (Å²) in [5.74, 6) is -0.124. The maximum Gasteiger partial charge on any atom is 0.330 e. The molecule has 32 heavy (non-hydrogen) atoms. The number of hydrogen-bond donors (Lipinski definition) is 2. The lowest BCUT2D eigenvalue weighted by Crippen LogP contribution is -2.29. The third kappa shape index (κ3) is 10.1. The number of fused-ring (bicyclic) bond motifs is 2. The number of aliphatic hydroxyl groups is 2. The van der Waals surface area contributed by atoms with Crippen molar-refractivity contribution in [2.75, 3.05) is 13.7 Å². The third-order valence-electron chi connectivity index (χ3n) is 5.51. The first-order valence-electron chi connectivity index (χ1n) is 11.4. The molecule has 2 bridgehead atoms. The van der Waals surface area contributed by atoms with Crippen LogP contribution in [-0.2, 0) is 19.0 Å². The average molecular weight is 447 g/mol. The fourth-order valence-electron chi connectivity index (χ4n) is 4.02. The Morgan fingerprint density at radius 3 is 2.78 bits per heavy atom. The van der Waals surface area contributed by atoms with Crippen LogP contribution in [0.25, 0.3) is 0 Å². The van der Waals surface area contributed by atoms with Crippen molar-refractivity contribution < 1.29 is 29.2 Å². The molecular formula is C26H38O6. The van der Waals surface area contributed by atoms with Gasteiger partial charge in [-0.3, -0.25) is 0 Å². The van der Waals surface area contributed by atoms with Crippen LogP contribution in [0.15, 0.2) is 60.8 Å². The molecule has 0 aromatic carbocycles. The van der Waals surface area contributed by atoms with Gasteiger partial charge in [-0.15, -0.1) is 0 Å². The van der Waals surface area contributed by atoms with E-state index >= 15 is 0 Å². The minimum absolute atomic E-state index is 0.0739. The highest BCUT2D eigenvalue weighted by molar-refractivity contribution is 5.82. The highest BCUT2D eigenvalue weighted by atomic mass is 16.6. The summed E-state index contributed by atoms with van der Waals surface area (Å²) < 4.78 is 16.6. The molecule has 2 rings (SSSR count). The van der Waals surface area contributed by atoms with Crippen LogP contribution in [0.4, 0.5) is 0 Å². The summed E-state index contributed by atoms with van der Waals surface area (Å²) in [6.07, 6.45) is 15.5. The van der Waals surface area contributed by atoms with Crippen molar-refractivity contribution in [3.8, 4) is 0 Å². The fraction of sp³-hybridized carbons (Fsp3) is 0.577. The van der Waals surface area contributed by atoms with Crippen molar-refractivity contribution in [2.24, 2.45) is 5.92 Å². The van der Waals surface area contributed by atoms with Crippen molar-refractivity contribution in [1.82, 2.24) is 0 Å². The molecule has 0 aromatic heterocycles. The van der Waals surface area contributed by atoms with Crippen molar-refractivity contribution in [3.63, 3.8) is 0 Å². The predicted molar refractivity (Wildman–Crippen MR) is 125 cm³/mol. The molecular weight excluding hydrogens is 408 g/mol. The molecule has 0 fully saturated rings. The first kappa shape index (κ1) is 26.3. The van der Waals surface area contributed by atoms with Crippen LogP contribution in [-0.4, -0.2) is 60.4 Å². The van der Waals surface area contributed by atoms with E-state index in [9.17, 15) is 15.0 Å². The Morgan fingerprint density at radius 1 is 1.22 bits per heavy atom. The topological polar surface area (TPSA) is 85.2 Å². The SMILES string of the molecule is C=C1CC(O)/C=C/CC(C(O)/C=C/COC)OC(=O)/C=C\CC2C=CC[C@@H](CC(C)C1)O2. The molecule has 2 N–H and O–H groups in total. The van der Waals surface area contributed by atoms with Gasteiger partial charge in [0, 0.05) is 19.6 Å². The van der Waals surface area contributed by atoms with Gasteiger partial charge in [-0.05, 0) is 38.0 Å². The molecule has 2 aliphatic heterocycles. The molecule has 0 aliphatic carbocycles. The molecule has 0 aromatic rings. The molecule has 2 heterocycles. The maximum absolute atomic E-state index is 12.3. The van der Waals surface area contributed by atoms with E-state index < -0.39 is 24.3 Å². The number of carbonyl (C=O) groups excluding carboxylic acids is 1. The van der Waals surface area contributed by atoms with Gasteiger partial charge in [0.05, 0.1) is 24.9 Å². The normalized spacial score (nSPS) is 33.8. The van der Waals surface area contributed by atoms with Crippen molar-refractivity contribution in [1.29, 1.82) is 0 Å². The van der Waals surface area contributed by atoms with Gasteiger partial charge in [-0.1, -0.05) is 61.6 Å². The molecule has 0 spiro atoms. The molecule has 2 aliphatic rings. The van der Waals surface area contributed by atoms with Crippen molar-refractivity contribution in [2.45, 2.75) is 76.0 Å².